The smallest absolute Gasteiger partial charge is 0.246 e. The molecule has 3 heterocycles. The molecule has 0 spiro atoms. The topological polar surface area (TPSA) is 71.5 Å². The highest BCUT2D eigenvalue weighted by Crippen LogP contribution is 2.21. The Labute approximate surface area is 169 Å². The number of hydrogen-bond acceptors (Lipinski definition) is 4. The lowest BCUT2D eigenvalue weighted by molar-refractivity contribution is -0.125. The predicted molar refractivity (Wildman–Crippen MR) is 111 cm³/mol. The maximum Gasteiger partial charge on any atom is 0.246 e. The van der Waals surface area contributed by atoms with Crippen LogP contribution in [0.25, 0.3) is 6.08 Å². The van der Waals surface area contributed by atoms with Crippen LogP contribution in [-0.4, -0.2) is 41.4 Å². The Balaban J connectivity index is 1.30. The summed E-state index contributed by atoms with van der Waals surface area (Å²) < 4.78 is 5.78. The van der Waals surface area contributed by atoms with Crippen LogP contribution in [0.1, 0.15) is 24.0 Å². The van der Waals surface area contributed by atoms with Crippen molar-refractivity contribution in [2.24, 2.45) is 0 Å². The summed E-state index contributed by atoms with van der Waals surface area (Å²) in [6, 6.07) is 11.7. The number of rotatable bonds is 5. The molecule has 2 amide bonds. The number of carbonyl (C=O) groups excluding carboxylic acids is 2. The summed E-state index contributed by atoms with van der Waals surface area (Å²) in [7, 11) is 0. The molecule has 0 bridgehead atoms. The number of amides is 2. The number of hydrogen-bond donors (Lipinski definition) is 1. The van der Waals surface area contributed by atoms with Crippen LogP contribution in [0.2, 0.25) is 0 Å². The van der Waals surface area contributed by atoms with Gasteiger partial charge in [-0.3, -0.25) is 9.59 Å². The van der Waals surface area contributed by atoms with E-state index in [1.165, 1.54) is 5.57 Å². The third kappa shape index (κ3) is 4.90. The van der Waals surface area contributed by atoms with Gasteiger partial charge in [0, 0.05) is 31.8 Å². The molecule has 1 aromatic heterocycles. The fraction of sp³-hybridized carbons (Fsp3) is 0.261. The maximum atomic E-state index is 12.5. The minimum Gasteiger partial charge on any atom is -0.489 e. The van der Waals surface area contributed by atoms with E-state index < -0.39 is 0 Å². The largest absolute Gasteiger partial charge is 0.489 e. The van der Waals surface area contributed by atoms with Gasteiger partial charge >= 0.3 is 0 Å². The molecule has 2 aliphatic rings. The van der Waals surface area contributed by atoms with Gasteiger partial charge in [0.1, 0.15) is 18.2 Å². The number of carbonyl (C=O) groups is 2. The number of para-hydroxylation sites is 1. The molecule has 0 aliphatic carbocycles. The second kappa shape index (κ2) is 8.73. The van der Waals surface area contributed by atoms with Crippen LogP contribution in [0, 0.1) is 0 Å². The van der Waals surface area contributed by atoms with Crippen molar-refractivity contribution in [1.82, 2.24) is 9.88 Å². The summed E-state index contributed by atoms with van der Waals surface area (Å²) in [5, 5.41) is 2.76. The van der Waals surface area contributed by atoms with Gasteiger partial charge in [0.25, 0.3) is 0 Å². The molecule has 0 atom stereocenters. The Hall–Kier alpha value is -3.41. The van der Waals surface area contributed by atoms with Crippen molar-refractivity contribution in [3.05, 3.63) is 71.4 Å². The van der Waals surface area contributed by atoms with Crippen LogP contribution in [0.15, 0.2) is 60.3 Å². The molecule has 6 nitrogen and oxygen atoms in total. The average Bonchev–Trinajstić information content (AvgIpc) is 2.77. The second-order valence-corrected chi connectivity index (χ2v) is 7.16. The van der Waals surface area contributed by atoms with Crippen LogP contribution in [0.3, 0.4) is 0 Å². The quantitative estimate of drug-likeness (QED) is 0.630. The summed E-state index contributed by atoms with van der Waals surface area (Å²) in [6.45, 7) is 1.83. The first-order valence-electron chi connectivity index (χ1n) is 9.79. The molecule has 0 saturated carbocycles. The van der Waals surface area contributed by atoms with E-state index in [0.717, 1.165) is 23.3 Å². The highest BCUT2D eigenvalue weighted by Gasteiger charge is 2.17. The molecule has 0 radical (unpaired) electrons. The Morgan fingerprint density at radius 2 is 2.07 bits per heavy atom. The molecule has 0 unspecified atom stereocenters. The molecule has 2 aliphatic heterocycles. The van der Waals surface area contributed by atoms with Gasteiger partial charge in [-0.2, -0.15) is 0 Å². The molecule has 148 valence electrons. The zero-order chi connectivity index (χ0) is 20.1. The van der Waals surface area contributed by atoms with Crippen molar-refractivity contribution in [1.29, 1.82) is 0 Å². The normalized spacial score (nSPS) is 16.2. The Kier molecular flexibility index (Phi) is 5.70. The van der Waals surface area contributed by atoms with E-state index in [0.29, 0.717) is 38.4 Å². The van der Waals surface area contributed by atoms with Gasteiger partial charge in [-0.05, 0) is 53.8 Å². The number of aryl methyl sites for hydroxylation is 1. The van der Waals surface area contributed by atoms with E-state index in [1.807, 2.05) is 41.3 Å². The lowest BCUT2D eigenvalue weighted by Crippen LogP contribution is -2.34. The predicted octanol–water partition coefficient (Wildman–Crippen LogP) is 3.22. The lowest BCUT2D eigenvalue weighted by atomic mass is 10.0. The fourth-order valence-electron chi connectivity index (χ4n) is 3.37. The second-order valence-electron chi connectivity index (χ2n) is 7.16. The summed E-state index contributed by atoms with van der Waals surface area (Å²) in [6.07, 6.45) is 9.07. The minimum absolute atomic E-state index is 0.00448. The van der Waals surface area contributed by atoms with Crippen molar-refractivity contribution in [2.45, 2.75) is 19.3 Å². The summed E-state index contributed by atoms with van der Waals surface area (Å²) in [4.78, 5) is 30.0. The number of nitrogens with one attached hydrogen (secondary N) is 1. The number of fused-ring (bicyclic) bond motifs is 1. The first kappa shape index (κ1) is 18.9. The van der Waals surface area contributed by atoms with E-state index >= 15 is 0 Å². The molecule has 4 rings (SSSR count). The van der Waals surface area contributed by atoms with Crippen molar-refractivity contribution >= 4 is 23.7 Å². The van der Waals surface area contributed by atoms with E-state index in [4.69, 9.17) is 4.74 Å². The minimum atomic E-state index is -0.0182. The van der Waals surface area contributed by atoms with Gasteiger partial charge in [-0.15, -0.1) is 0 Å². The number of aromatic nitrogens is 1. The van der Waals surface area contributed by atoms with Gasteiger partial charge in [0.15, 0.2) is 0 Å². The van der Waals surface area contributed by atoms with Gasteiger partial charge in [-0.1, -0.05) is 24.3 Å². The standard InChI is InChI=1S/C23H23N3O3/c27-21-8-7-19-14-18(15-24-23(19)25-21)6-9-22(28)26-12-10-17(11-13-26)16-29-20-4-2-1-3-5-20/h1-6,9-10,14-15H,7-8,11-13,16H2,(H,24,25,27). The SMILES string of the molecule is O=C1CCc2cc(C=CC(=O)N3CC=C(COc4ccccc4)CC3)cnc2N1. The zero-order valence-electron chi connectivity index (χ0n) is 16.1. The first-order chi connectivity index (χ1) is 14.2. The number of nitrogens with zero attached hydrogens (tertiary/aromatic N) is 2. The molecule has 6 heteroatoms. The van der Waals surface area contributed by atoms with E-state index in [1.54, 1.807) is 18.3 Å². The molecule has 2 aromatic rings. The molecule has 1 N–H and O–H groups in total. The Morgan fingerprint density at radius 1 is 1.21 bits per heavy atom. The molecular formula is C23H23N3O3. The third-order valence-electron chi connectivity index (χ3n) is 5.07. The zero-order valence-corrected chi connectivity index (χ0v) is 16.1. The van der Waals surface area contributed by atoms with E-state index in [-0.39, 0.29) is 11.8 Å². The highest BCUT2D eigenvalue weighted by atomic mass is 16.5. The number of ether oxygens (including phenoxy) is 1. The monoisotopic (exact) mass is 389 g/mol. The van der Waals surface area contributed by atoms with E-state index in [2.05, 4.69) is 16.4 Å². The summed E-state index contributed by atoms with van der Waals surface area (Å²) >= 11 is 0. The van der Waals surface area contributed by atoms with Crippen LogP contribution >= 0.6 is 0 Å². The first-order valence-corrected chi connectivity index (χ1v) is 9.79. The molecule has 0 fully saturated rings. The Morgan fingerprint density at radius 3 is 2.86 bits per heavy atom. The number of pyridine rings is 1. The summed E-state index contributed by atoms with van der Waals surface area (Å²) in [5.74, 6) is 1.45. The molecular weight excluding hydrogens is 366 g/mol. The highest BCUT2D eigenvalue weighted by molar-refractivity contribution is 5.94. The van der Waals surface area contributed by atoms with Crippen molar-refractivity contribution in [3.8, 4) is 5.75 Å². The summed E-state index contributed by atoms with van der Waals surface area (Å²) in [5.41, 5.74) is 3.07. The van der Waals surface area contributed by atoms with Crippen LogP contribution in [0.4, 0.5) is 5.82 Å². The molecule has 29 heavy (non-hydrogen) atoms. The van der Waals surface area contributed by atoms with Crippen LogP contribution in [0.5, 0.6) is 5.75 Å². The van der Waals surface area contributed by atoms with Gasteiger partial charge in [0.2, 0.25) is 11.8 Å². The maximum absolute atomic E-state index is 12.5. The number of anilines is 1. The lowest BCUT2D eigenvalue weighted by Gasteiger charge is -2.25. The van der Waals surface area contributed by atoms with E-state index in [9.17, 15) is 9.59 Å². The molecule has 1 aromatic carbocycles. The molecule has 0 saturated heterocycles. The third-order valence-corrected chi connectivity index (χ3v) is 5.07. The van der Waals surface area contributed by atoms with Crippen molar-refractivity contribution < 1.29 is 14.3 Å². The van der Waals surface area contributed by atoms with Crippen LogP contribution < -0.4 is 10.1 Å². The van der Waals surface area contributed by atoms with Gasteiger partial charge < -0.3 is 15.0 Å². The van der Waals surface area contributed by atoms with Crippen LogP contribution in [-0.2, 0) is 16.0 Å². The van der Waals surface area contributed by atoms with Crippen molar-refractivity contribution in [2.75, 3.05) is 25.0 Å². The van der Waals surface area contributed by atoms with Gasteiger partial charge in [0.05, 0.1) is 0 Å². The number of benzene rings is 1. The average molecular weight is 389 g/mol. The fourth-order valence-corrected chi connectivity index (χ4v) is 3.37. The van der Waals surface area contributed by atoms with Gasteiger partial charge in [-0.25, -0.2) is 4.98 Å². The Bertz CT molecular complexity index is 967. The van der Waals surface area contributed by atoms with Crippen molar-refractivity contribution in [3.63, 3.8) is 0 Å².